The lowest BCUT2D eigenvalue weighted by Crippen LogP contribution is -2.60. The standard InChI is InChI=1S/C26H43ClN2O2.2H2O/c1-19(2)24(28-16-20-6-12-23(31-5)13-7-20)17-29-15-14-26(30,25(3,4)18-29)21-8-10-22(27)11-9-21;;/h6,8,12-13,19-20,22,24,28,30H,7,9-11,14-18H2,1-5H3;2*1H2/t20?,22?,24-,26-;;/m0../s1. The zero-order valence-corrected chi connectivity index (χ0v) is 21.9. The Kier molecular flexibility index (Phi) is 11.6. The van der Waals surface area contributed by atoms with Crippen LogP contribution in [0.15, 0.2) is 35.6 Å². The maximum Gasteiger partial charge on any atom is 0.114 e. The fourth-order valence-corrected chi connectivity index (χ4v) is 5.59. The van der Waals surface area contributed by atoms with E-state index in [0.717, 1.165) is 64.0 Å². The van der Waals surface area contributed by atoms with Gasteiger partial charge in [0.25, 0.3) is 0 Å². The summed E-state index contributed by atoms with van der Waals surface area (Å²) in [6.45, 7) is 12.9. The van der Waals surface area contributed by atoms with Gasteiger partial charge in [-0.25, -0.2) is 0 Å². The van der Waals surface area contributed by atoms with Crippen molar-refractivity contribution < 1.29 is 20.8 Å². The molecule has 192 valence electrons. The van der Waals surface area contributed by atoms with E-state index in [1.807, 2.05) is 0 Å². The number of hydrogen-bond donors (Lipinski definition) is 2. The molecule has 4 atom stereocenters. The number of allylic oxidation sites excluding steroid dienone is 3. The zero-order valence-electron chi connectivity index (χ0n) is 21.2. The van der Waals surface area contributed by atoms with Gasteiger partial charge in [0.1, 0.15) is 5.76 Å². The number of alkyl halides is 1. The van der Waals surface area contributed by atoms with Gasteiger partial charge in [0.05, 0.1) is 12.7 Å². The summed E-state index contributed by atoms with van der Waals surface area (Å²) in [6.07, 6.45) is 13.4. The van der Waals surface area contributed by atoms with Crippen molar-refractivity contribution in [1.29, 1.82) is 0 Å². The number of nitrogens with zero attached hydrogens (tertiary/aromatic N) is 1. The summed E-state index contributed by atoms with van der Waals surface area (Å²) in [5, 5.41) is 15.8. The summed E-state index contributed by atoms with van der Waals surface area (Å²) in [5.74, 6) is 2.05. The van der Waals surface area contributed by atoms with Crippen molar-refractivity contribution in [3.63, 3.8) is 0 Å². The van der Waals surface area contributed by atoms with E-state index in [1.165, 1.54) is 5.57 Å². The summed E-state index contributed by atoms with van der Waals surface area (Å²) < 4.78 is 5.31. The predicted molar refractivity (Wildman–Crippen MR) is 138 cm³/mol. The Hall–Kier alpha value is -0.890. The molecule has 7 heteroatoms. The highest BCUT2D eigenvalue weighted by molar-refractivity contribution is 6.20. The van der Waals surface area contributed by atoms with Crippen LogP contribution in [0.3, 0.4) is 0 Å². The number of nitrogens with one attached hydrogen (secondary N) is 1. The first-order valence-corrected chi connectivity index (χ1v) is 12.5. The molecule has 1 fully saturated rings. The molecule has 1 heterocycles. The molecule has 2 unspecified atom stereocenters. The SMILES string of the molecule is COC1=CCC(CN[C@@H](CN2CC[C@](O)(C3=CCC(Cl)CC3)C(C)(C)C2)C(C)C)C=C1.O.O. The molecule has 0 saturated carbocycles. The van der Waals surface area contributed by atoms with Crippen LogP contribution < -0.4 is 5.32 Å². The Morgan fingerprint density at radius 2 is 1.97 bits per heavy atom. The van der Waals surface area contributed by atoms with E-state index in [4.69, 9.17) is 16.3 Å². The lowest BCUT2D eigenvalue weighted by atomic mass is 9.64. The van der Waals surface area contributed by atoms with Crippen LogP contribution in [0.1, 0.15) is 59.8 Å². The Bertz CT molecular complexity index is 706. The summed E-state index contributed by atoms with van der Waals surface area (Å²) in [6, 6.07) is 0.439. The number of likely N-dealkylation sites (tertiary alicyclic amines) is 1. The van der Waals surface area contributed by atoms with E-state index >= 15 is 0 Å². The molecule has 0 aromatic carbocycles. The molecule has 0 aromatic heterocycles. The topological polar surface area (TPSA) is 108 Å². The molecule has 3 aliphatic rings. The molecule has 1 aliphatic heterocycles. The summed E-state index contributed by atoms with van der Waals surface area (Å²) in [4.78, 5) is 2.56. The van der Waals surface area contributed by atoms with Gasteiger partial charge in [-0.3, -0.25) is 0 Å². The fourth-order valence-electron chi connectivity index (χ4n) is 5.40. The van der Waals surface area contributed by atoms with Crippen LogP contribution in [0.5, 0.6) is 0 Å². The first kappa shape index (κ1) is 30.1. The van der Waals surface area contributed by atoms with Crippen molar-refractivity contribution in [2.75, 3.05) is 33.3 Å². The monoisotopic (exact) mass is 486 g/mol. The van der Waals surface area contributed by atoms with E-state index in [-0.39, 0.29) is 21.7 Å². The quantitative estimate of drug-likeness (QED) is 0.405. The van der Waals surface area contributed by atoms with Crippen LogP contribution in [-0.2, 0) is 4.74 Å². The number of methoxy groups -OCH3 is 1. The van der Waals surface area contributed by atoms with Crippen molar-refractivity contribution in [3.05, 3.63) is 35.6 Å². The van der Waals surface area contributed by atoms with Crippen LogP contribution in [0.2, 0.25) is 0 Å². The lowest BCUT2D eigenvalue weighted by Gasteiger charge is -2.53. The van der Waals surface area contributed by atoms with Gasteiger partial charge in [-0.2, -0.15) is 0 Å². The minimum atomic E-state index is -0.709. The Balaban J connectivity index is 0.00000272. The molecule has 0 amide bonds. The maximum absolute atomic E-state index is 11.7. The second kappa shape index (κ2) is 12.7. The fraction of sp³-hybridized carbons (Fsp3) is 0.769. The zero-order chi connectivity index (χ0) is 22.6. The number of halogens is 1. The minimum Gasteiger partial charge on any atom is -0.497 e. The van der Waals surface area contributed by atoms with Crippen molar-refractivity contribution in [1.82, 2.24) is 10.2 Å². The normalized spacial score (nSPS) is 30.5. The molecule has 0 radical (unpaired) electrons. The molecule has 0 bridgehead atoms. The van der Waals surface area contributed by atoms with Gasteiger partial charge >= 0.3 is 0 Å². The first-order valence-electron chi connectivity index (χ1n) is 12.1. The first-order chi connectivity index (χ1) is 14.6. The molecule has 6 nitrogen and oxygen atoms in total. The highest BCUT2D eigenvalue weighted by Crippen LogP contribution is 2.46. The van der Waals surface area contributed by atoms with Gasteiger partial charge in [0, 0.05) is 43.0 Å². The molecule has 0 aromatic rings. The average Bonchev–Trinajstić information content (AvgIpc) is 2.74. The third kappa shape index (κ3) is 7.30. The third-order valence-corrected chi connectivity index (χ3v) is 8.09. The van der Waals surface area contributed by atoms with E-state index in [0.29, 0.717) is 17.9 Å². The molecule has 2 aliphatic carbocycles. The Morgan fingerprint density at radius 1 is 1.24 bits per heavy atom. The predicted octanol–water partition coefficient (Wildman–Crippen LogP) is 3.24. The molecule has 6 N–H and O–H groups in total. The largest absolute Gasteiger partial charge is 0.497 e. The summed E-state index contributed by atoms with van der Waals surface area (Å²) >= 11 is 6.29. The van der Waals surface area contributed by atoms with Gasteiger partial charge in [0.2, 0.25) is 0 Å². The minimum absolute atomic E-state index is 0. The van der Waals surface area contributed by atoms with E-state index < -0.39 is 5.60 Å². The van der Waals surface area contributed by atoms with Gasteiger partial charge in [-0.05, 0) is 61.7 Å². The van der Waals surface area contributed by atoms with Crippen LogP contribution in [-0.4, -0.2) is 71.3 Å². The number of aliphatic hydroxyl groups is 1. The van der Waals surface area contributed by atoms with Crippen molar-refractivity contribution in [3.8, 4) is 0 Å². The van der Waals surface area contributed by atoms with Crippen LogP contribution in [0.25, 0.3) is 0 Å². The highest BCUT2D eigenvalue weighted by Gasteiger charge is 2.50. The number of rotatable bonds is 8. The van der Waals surface area contributed by atoms with E-state index in [9.17, 15) is 5.11 Å². The van der Waals surface area contributed by atoms with Gasteiger partial charge < -0.3 is 31.0 Å². The Labute approximate surface area is 205 Å². The lowest BCUT2D eigenvalue weighted by molar-refractivity contribution is -0.0959. The van der Waals surface area contributed by atoms with Crippen LogP contribution >= 0.6 is 11.6 Å². The van der Waals surface area contributed by atoms with Gasteiger partial charge in [-0.1, -0.05) is 39.8 Å². The highest BCUT2D eigenvalue weighted by atomic mass is 35.5. The number of ether oxygens (including phenoxy) is 1. The molecule has 0 spiro atoms. The number of piperidine rings is 1. The second-order valence-electron chi connectivity index (χ2n) is 10.8. The van der Waals surface area contributed by atoms with Crippen molar-refractivity contribution >= 4 is 11.6 Å². The molecule has 1 saturated heterocycles. The van der Waals surface area contributed by atoms with E-state index in [1.54, 1.807) is 7.11 Å². The number of hydrogen-bond acceptors (Lipinski definition) is 4. The Morgan fingerprint density at radius 3 is 2.48 bits per heavy atom. The summed E-state index contributed by atoms with van der Waals surface area (Å²) in [7, 11) is 1.73. The smallest absolute Gasteiger partial charge is 0.114 e. The second-order valence-corrected chi connectivity index (χ2v) is 11.4. The molecule has 33 heavy (non-hydrogen) atoms. The third-order valence-electron chi connectivity index (χ3n) is 7.70. The van der Waals surface area contributed by atoms with Crippen molar-refractivity contribution in [2.24, 2.45) is 17.3 Å². The van der Waals surface area contributed by atoms with E-state index in [2.05, 4.69) is 62.2 Å². The maximum atomic E-state index is 11.7. The molecular weight excluding hydrogens is 440 g/mol. The van der Waals surface area contributed by atoms with Crippen LogP contribution in [0, 0.1) is 17.3 Å². The average molecular weight is 487 g/mol. The van der Waals surface area contributed by atoms with Crippen molar-refractivity contribution in [2.45, 2.75) is 76.8 Å². The summed E-state index contributed by atoms with van der Waals surface area (Å²) in [5.41, 5.74) is 0.338. The van der Waals surface area contributed by atoms with Gasteiger partial charge in [0.15, 0.2) is 0 Å². The molecular formula is C26H47ClN2O4. The molecule has 3 rings (SSSR count). The van der Waals surface area contributed by atoms with Gasteiger partial charge in [-0.15, -0.1) is 11.6 Å². The van der Waals surface area contributed by atoms with Crippen LogP contribution in [0.4, 0.5) is 0 Å².